The Kier molecular flexibility index (Phi) is 5.84. The monoisotopic (exact) mass is 328 g/mol. The van der Waals surface area contributed by atoms with Crippen molar-refractivity contribution in [2.45, 2.75) is 20.3 Å². The fourth-order valence-electron chi connectivity index (χ4n) is 1.94. The average molecular weight is 328 g/mol. The van der Waals surface area contributed by atoms with Crippen LogP contribution in [0.2, 0.25) is 0 Å². The summed E-state index contributed by atoms with van der Waals surface area (Å²) in [5.74, 6) is 1.10. The van der Waals surface area contributed by atoms with Crippen LogP contribution in [0.1, 0.15) is 46.3 Å². The van der Waals surface area contributed by atoms with Crippen LogP contribution in [0.3, 0.4) is 0 Å². The quantitative estimate of drug-likeness (QED) is 0.652. The molecule has 2 aromatic heterocycles. The molecule has 0 saturated heterocycles. The first-order valence-electron chi connectivity index (χ1n) is 7.34. The van der Waals surface area contributed by atoms with E-state index in [1.54, 1.807) is 36.4 Å². The minimum atomic E-state index is -0.257. The molecule has 0 bridgehead atoms. The SMILES string of the molecule is CC(=O)c1ccc(Cc2ccc(F)cc2)o1.CC(=O)c1ccco1. The van der Waals surface area contributed by atoms with Crippen molar-refractivity contribution in [2.75, 3.05) is 0 Å². The summed E-state index contributed by atoms with van der Waals surface area (Å²) in [4.78, 5) is 21.4. The molecule has 0 spiro atoms. The number of hydrogen-bond acceptors (Lipinski definition) is 4. The molecule has 0 N–H and O–H groups in total. The van der Waals surface area contributed by atoms with Gasteiger partial charge in [-0.15, -0.1) is 0 Å². The van der Waals surface area contributed by atoms with Crippen LogP contribution < -0.4 is 0 Å². The van der Waals surface area contributed by atoms with Gasteiger partial charge in [-0.3, -0.25) is 9.59 Å². The van der Waals surface area contributed by atoms with E-state index < -0.39 is 0 Å². The molecule has 3 rings (SSSR count). The number of carbonyl (C=O) groups is 2. The van der Waals surface area contributed by atoms with Gasteiger partial charge in [0.25, 0.3) is 0 Å². The van der Waals surface area contributed by atoms with Crippen LogP contribution in [-0.4, -0.2) is 11.6 Å². The van der Waals surface area contributed by atoms with Crippen molar-refractivity contribution in [3.05, 3.63) is 83.5 Å². The fourth-order valence-corrected chi connectivity index (χ4v) is 1.94. The van der Waals surface area contributed by atoms with Crippen LogP contribution in [0, 0.1) is 5.82 Å². The van der Waals surface area contributed by atoms with Gasteiger partial charge >= 0.3 is 0 Å². The Morgan fingerprint density at radius 1 is 0.917 bits per heavy atom. The van der Waals surface area contributed by atoms with Crippen molar-refractivity contribution in [3.8, 4) is 0 Å². The van der Waals surface area contributed by atoms with E-state index in [9.17, 15) is 14.0 Å². The number of carbonyl (C=O) groups excluding carboxylic acids is 2. The highest BCUT2D eigenvalue weighted by Crippen LogP contribution is 2.14. The van der Waals surface area contributed by atoms with Gasteiger partial charge in [-0.05, 0) is 42.0 Å². The van der Waals surface area contributed by atoms with Gasteiger partial charge in [0.05, 0.1) is 6.26 Å². The van der Waals surface area contributed by atoms with Gasteiger partial charge in [0.2, 0.25) is 0 Å². The molecule has 3 aromatic rings. The number of rotatable bonds is 4. The zero-order chi connectivity index (χ0) is 17.5. The first kappa shape index (κ1) is 17.4. The third-order valence-electron chi connectivity index (χ3n) is 3.17. The molecule has 24 heavy (non-hydrogen) atoms. The largest absolute Gasteiger partial charge is 0.461 e. The zero-order valence-electron chi connectivity index (χ0n) is 13.4. The summed E-state index contributed by atoms with van der Waals surface area (Å²) < 4.78 is 22.7. The Balaban J connectivity index is 0.000000219. The smallest absolute Gasteiger partial charge is 0.194 e. The van der Waals surface area contributed by atoms with Crippen molar-refractivity contribution in [1.29, 1.82) is 0 Å². The van der Waals surface area contributed by atoms with E-state index in [-0.39, 0.29) is 17.4 Å². The van der Waals surface area contributed by atoms with Crippen molar-refractivity contribution in [1.82, 2.24) is 0 Å². The van der Waals surface area contributed by atoms with Gasteiger partial charge in [0.1, 0.15) is 11.6 Å². The second kappa shape index (κ2) is 8.06. The maximum Gasteiger partial charge on any atom is 0.194 e. The standard InChI is InChI=1S/C13H11FO2.C6H6O2/c1-9(15)13-7-6-12(16-13)8-10-2-4-11(14)5-3-10;1-5(7)6-3-2-4-8-6/h2-7H,8H2,1H3;2-4H,1H3. The van der Waals surface area contributed by atoms with Gasteiger partial charge < -0.3 is 8.83 Å². The molecule has 0 unspecified atom stereocenters. The molecule has 0 saturated carbocycles. The summed E-state index contributed by atoms with van der Waals surface area (Å²) in [6, 6.07) is 13.0. The highest BCUT2D eigenvalue weighted by molar-refractivity contribution is 5.91. The lowest BCUT2D eigenvalue weighted by Gasteiger charge is -1.97. The van der Waals surface area contributed by atoms with E-state index in [0.717, 1.165) is 5.56 Å². The van der Waals surface area contributed by atoms with E-state index in [2.05, 4.69) is 0 Å². The van der Waals surface area contributed by atoms with E-state index in [1.807, 2.05) is 0 Å². The Morgan fingerprint density at radius 3 is 2.04 bits per heavy atom. The van der Waals surface area contributed by atoms with Crippen molar-refractivity contribution >= 4 is 11.6 Å². The topological polar surface area (TPSA) is 60.4 Å². The van der Waals surface area contributed by atoms with E-state index in [4.69, 9.17) is 8.83 Å². The first-order chi connectivity index (χ1) is 11.5. The molecule has 2 heterocycles. The number of halogens is 1. The molecule has 0 radical (unpaired) electrons. The minimum absolute atomic E-state index is 0.0324. The third-order valence-corrected chi connectivity index (χ3v) is 3.17. The molecular formula is C19H17FO4. The van der Waals surface area contributed by atoms with Crippen LogP contribution in [0.5, 0.6) is 0 Å². The third kappa shape index (κ3) is 5.05. The molecular weight excluding hydrogens is 311 g/mol. The average Bonchev–Trinajstić information content (AvgIpc) is 3.21. The molecule has 1 aromatic carbocycles. The number of hydrogen-bond donors (Lipinski definition) is 0. The van der Waals surface area contributed by atoms with Gasteiger partial charge in [0, 0.05) is 20.3 Å². The lowest BCUT2D eigenvalue weighted by atomic mass is 10.1. The normalized spacial score (nSPS) is 9.96. The maximum absolute atomic E-state index is 12.7. The predicted molar refractivity (Wildman–Crippen MR) is 86.6 cm³/mol. The number of Topliss-reactive ketones (excluding diaryl/α,β-unsaturated/α-hetero) is 2. The van der Waals surface area contributed by atoms with Gasteiger partial charge in [0.15, 0.2) is 23.1 Å². The van der Waals surface area contributed by atoms with Crippen molar-refractivity contribution in [2.24, 2.45) is 0 Å². The summed E-state index contributed by atoms with van der Waals surface area (Å²) in [6.07, 6.45) is 2.05. The van der Waals surface area contributed by atoms with Gasteiger partial charge in [-0.25, -0.2) is 4.39 Å². The summed E-state index contributed by atoms with van der Waals surface area (Å²) >= 11 is 0. The molecule has 0 aliphatic rings. The first-order valence-corrected chi connectivity index (χ1v) is 7.34. The van der Waals surface area contributed by atoms with Crippen molar-refractivity contribution < 1.29 is 22.8 Å². The van der Waals surface area contributed by atoms with Crippen LogP contribution >= 0.6 is 0 Å². The number of benzene rings is 1. The molecule has 5 heteroatoms. The highest BCUT2D eigenvalue weighted by atomic mass is 19.1. The predicted octanol–water partition coefficient (Wildman–Crippen LogP) is 4.69. The fraction of sp³-hybridized carbons (Fsp3) is 0.158. The Hall–Kier alpha value is -2.95. The van der Waals surface area contributed by atoms with Gasteiger partial charge in [-0.2, -0.15) is 0 Å². The molecule has 0 atom stereocenters. The van der Waals surface area contributed by atoms with Crippen molar-refractivity contribution in [3.63, 3.8) is 0 Å². The van der Waals surface area contributed by atoms with Crippen LogP contribution in [0.4, 0.5) is 4.39 Å². The number of ketones is 2. The second-order valence-electron chi connectivity index (χ2n) is 5.16. The highest BCUT2D eigenvalue weighted by Gasteiger charge is 2.06. The maximum atomic E-state index is 12.7. The van der Waals surface area contributed by atoms with Crippen LogP contribution in [-0.2, 0) is 6.42 Å². The van der Waals surface area contributed by atoms with E-state index in [0.29, 0.717) is 23.7 Å². The Labute approximate surface area is 138 Å². The van der Waals surface area contributed by atoms with Crippen LogP contribution in [0.15, 0.2) is 63.6 Å². The summed E-state index contributed by atoms with van der Waals surface area (Å²) in [7, 11) is 0. The van der Waals surface area contributed by atoms with Crippen LogP contribution in [0.25, 0.3) is 0 Å². The number of furan rings is 2. The lowest BCUT2D eigenvalue weighted by Crippen LogP contribution is -1.88. The molecule has 0 aliphatic heterocycles. The Bertz CT molecular complexity index is 798. The van der Waals surface area contributed by atoms with E-state index in [1.165, 1.54) is 32.2 Å². The zero-order valence-corrected chi connectivity index (χ0v) is 13.4. The Morgan fingerprint density at radius 2 is 1.58 bits per heavy atom. The summed E-state index contributed by atoms with van der Waals surface area (Å²) in [6.45, 7) is 2.93. The lowest BCUT2D eigenvalue weighted by molar-refractivity contribution is 0.0979. The summed E-state index contributed by atoms with van der Waals surface area (Å²) in [5.41, 5.74) is 0.950. The minimum Gasteiger partial charge on any atom is -0.461 e. The molecule has 4 nitrogen and oxygen atoms in total. The molecule has 0 aliphatic carbocycles. The molecule has 124 valence electrons. The van der Waals surface area contributed by atoms with Gasteiger partial charge in [-0.1, -0.05) is 12.1 Å². The summed E-state index contributed by atoms with van der Waals surface area (Å²) in [5, 5.41) is 0. The molecule has 0 amide bonds. The second-order valence-corrected chi connectivity index (χ2v) is 5.16. The molecule has 0 fully saturated rings. The van der Waals surface area contributed by atoms with E-state index >= 15 is 0 Å².